The maximum atomic E-state index is 12.8. The van der Waals surface area contributed by atoms with Crippen molar-refractivity contribution in [2.24, 2.45) is 0 Å². The van der Waals surface area contributed by atoms with Gasteiger partial charge in [0.1, 0.15) is 6.61 Å². The maximum absolute atomic E-state index is 12.8. The third kappa shape index (κ3) is 6.90. The predicted molar refractivity (Wildman–Crippen MR) is 108 cm³/mol. The number of aliphatic hydroxyl groups excluding tert-OH is 1. The van der Waals surface area contributed by atoms with Gasteiger partial charge in [-0.05, 0) is 56.4 Å². The number of aliphatic hydroxyl groups is 1. The summed E-state index contributed by atoms with van der Waals surface area (Å²) in [5.41, 5.74) is -0.900. The number of ether oxygens (including phenoxy) is 1. The minimum absolute atomic E-state index is 0.00535. The van der Waals surface area contributed by atoms with Crippen LogP contribution in [-0.4, -0.2) is 74.6 Å². The van der Waals surface area contributed by atoms with Gasteiger partial charge in [0.15, 0.2) is 0 Å². The third-order valence-corrected chi connectivity index (χ3v) is 7.46. The number of alkyl halides is 3. The van der Waals surface area contributed by atoms with Gasteiger partial charge in [-0.1, -0.05) is 0 Å². The van der Waals surface area contributed by atoms with E-state index in [9.17, 15) is 26.4 Å². The lowest BCUT2D eigenvalue weighted by Gasteiger charge is -2.34. The molecule has 1 aliphatic carbocycles. The summed E-state index contributed by atoms with van der Waals surface area (Å²) in [5.74, 6) is -0.183. The molecule has 11 heteroatoms. The van der Waals surface area contributed by atoms with Gasteiger partial charge in [0.25, 0.3) is 0 Å². The Hall–Kier alpha value is -1.69. The number of amides is 1. The highest BCUT2D eigenvalue weighted by atomic mass is 32.2. The van der Waals surface area contributed by atoms with Crippen LogP contribution in [-0.2, 0) is 25.7 Å². The highest BCUT2D eigenvalue weighted by Gasteiger charge is 2.34. The van der Waals surface area contributed by atoms with E-state index in [0.717, 1.165) is 24.3 Å². The molecule has 1 aromatic rings. The van der Waals surface area contributed by atoms with E-state index in [1.807, 2.05) is 0 Å². The molecule has 0 heterocycles. The average Bonchev–Trinajstić information content (AvgIpc) is 2.75. The molecule has 0 aliphatic heterocycles. The summed E-state index contributed by atoms with van der Waals surface area (Å²) in [6, 6.07) is 3.18. The SMILES string of the molecule is CN(CCCO)C(=O)COC1CCC(N(C)S(=O)(=O)c2ccc(C(F)(F)F)cc2)CC1. The summed E-state index contributed by atoms with van der Waals surface area (Å²) in [5, 5.41) is 8.81. The number of nitrogens with zero attached hydrogens (tertiary/aromatic N) is 2. The van der Waals surface area contributed by atoms with Gasteiger partial charge in [-0.25, -0.2) is 8.42 Å². The quantitative estimate of drug-likeness (QED) is 0.604. The van der Waals surface area contributed by atoms with Gasteiger partial charge in [-0.15, -0.1) is 0 Å². The molecule has 1 aliphatic rings. The summed E-state index contributed by atoms with van der Waals surface area (Å²) in [7, 11) is -0.853. The van der Waals surface area contributed by atoms with Crippen LogP contribution in [0.25, 0.3) is 0 Å². The van der Waals surface area contributed by atoms with Gasteiger partial charge in [0, 0.05) is 33.3 Å². The van der Waals surface area contributed by atoms with Crippen LogP contribution in [0.2, 0.25) is 0 Å². The first-order chi connectivity index (χ1) is 14.5. The molecule has 0 atom stereocenters. The van der Waals surface area contributed by atoms with Crippen molar-refractivity contribution in [2.45, 2.75) is 55.3 Å². The average molecular weight is 467 g/mol. The van der Waals surface area contributed by atoms with Crippen molar-refractivity contribution in [3.05, 3.63) is 29.8 Å². The lowest BCUT2D eigenvalue weighted by Crippen LogP contribution is -2.41. The van der Waals surface area contributed by atoms with Crippen molar-refractivity contribution in [1.82, 2.24) is 9.21 Å². The molecule has 0 aromatic heterocycles. The van der Waals surface area contributed by atoms with Gasteiger partial charge in [0.2, 0.25) is 15.9 Å². The first kappa shape index (κ1) is 25.6. The second-order valence-electron chi connectivity index (χ2n) is 7.68. The van der Waals surface area contributed by atoms with Gasteiger partial charge in [-0.2, -0.15) is 17.5 Å². The van der Waals surface area contributed by atoms with Crippen LogP contribution in [0.15, 0.2) is 29.2 Å². The highest BCUT2D eigenvalue weighted by molar-refractivity contribution is 7.89. The monoisotopic (exact) mass is 466 g/mol. The zero-order chi connectivity index (χ0) is 23.2. The van der Waals surface area contributed by atoms with E-state index in [4.69, 9.17) is 9.84 Å². The van der Waals surface area contributed by atoms with Gasteiger partial charge in [0.05, 0.1) is 16.6 Å². The number of carbonyl (C=O) groups is 1. The summed E-state index contributed by atoms with van der Waals surface area (Å²) in [6.45, 7) is 0.375. The third-order valence-electron chi connectivity index (χ3n) is 5.54. The fraction of sp³-hybridized carbons (Fsp3) is 0.650. The van der Waals surface area contributed by atoms with Crippen LogP contribution in [0, 0.1) is 0 Å². The van der Waals surface area contributed by atoms with Crippen molar-refractivity contribution in [2.75, 3.05) is 33.9 Å². The van der Waals surface area contributed by atoms with Crippen LogP contribution in [0.5, 0.6) is 0 Å². The normalized spacial score (nSPS) is 20.1. The van der Waals surface area contributed by atoms with Crippen molar-refractivity contribution in [1.29, 1.82) is 0 Å². The molecule has 2 rings (SSSR count). The number of hydrogen-bond donors (Lipinski definition) is 1. The molecule has 176 valence electrons. The fourth-order valence-corrected chi connectivity index (χ4v) is 4.90. The summed E-state index contributed by atoms with van der Waals surface area (Å²) < 4.78 is 70.6. The molecule has 0 spiro atoms. The Labute approximate surface area is 180 Å². The van der Waals surface area contributed by atoms with Crippen LogP contribution in [0.4, 0.5) is 13.2 Å². The van der Waals surface area contributed by atoms with E-state index in [0.29, 0.717) is 38.6 Å². The molecule has 1 amide bonds. The van der Waals surface area contributed by atoms with E-state index < -0.39 is 21.8 Å². The number of carbonyl (C=O) groups excluding carboxylic acids is 1. The highest BCUT2D eigenvalue weighted by Crippen LogP contribution is 2.32. The second-order valence-corrected chi connectivity index (χ2v) is 9.67. The largest absolute Gasteiger partial charge is 0.416 e. The Balaban J connectivity index is 1.88. The molecule has 0 bridgehead atoms. The molecular formula is C20H29F3N2O5S. The molecule has 0 radical (unpaired) electrons. The van der Waals surface area contributed by atoms with Crippen LogP contribution >= 0.6 is 0 Å². The van der Waals surface area contributed by atoms with E-state index in [-0.39, 0.29) is 36.2 Å². The van der Waals surface area contributed by atoms with E-state index >= 15 is 0 Å². The lowest BCUT2D eigenvalue weighted by atomic mass is 9.93. The fourth-order valence-electron chi connectivity index (χ4n) is 3.49. The van der Waals surface area contributed by atoms with Gasteiger partial charge >= 0.3 is 6.18 Å². The minimum atomic E-state index is -4.53. The molecule has 7 nitrogen and oxygen atoms in total. The van der Waals surface area contributed by atoms with E-state index in [1.54, 1.807) is 7.05 Å². The molecule has 0 unspecified atom stereocenters. The van der Waals surface area contributed by atoms with Crippen molar-refractivity contribution in [3.63, 3.8) is 0 Å². The lowest BCUT2D eigenvalue weighted by molar-refractivity contribution is -0.138. The molecular weight excluding hydrogens is 437 g/mol. The molecule has 31 heavy (non-hydrogen) atoms. The Morgan fingerprint density at radius 1 is 1.13 bits per heavy atom. The number of halogens is 3. The van der Waals surface area contributed by atoms with Crippen molar-refractivity contribution in [3.8, 4) is 0 Å². The summed E-state index contributed by atoms with van der Waals surface area (Å²) >= 11 is 0. The van der Waals surface area contributed by atoms with Crippen LogP contribution in [0.3, 0.4) is 0 Å². The number of rotatable bonds is 9. The first-order valence-corrected chi connectivity index (χ1v) is 11.5. The van der Waals surface area contributed by atoms with Crippen LogP contribution < -0.4 is 0 Å². The number of likely N-dealkylation sites (N-methyl/N-ethyl adjacent to an activating group) is 1. The molecule has 0 saturated heterocycles. The zero-order valence-corrected chi connectivity index (χ0v) is 18.5. The number of benzene rings is 1. The smallest absolute Gasteiger partial charge is 0.396 e. The molecule has 1 saturated carbocycles. The standard InChI is InChI=1S/C20H29F3N2O5S/c1-24(12-3-13-26)19(27)14-30-17-8-6-16(7-9-17)25(2)31(28,29)18-10-4-15(5-11-18)20(21,22)23/h4-5,10-11,16-17,26H,3,6-9,12-14H2,1-2H3. The Kier molecular flexibility index (Phi) is 8.87. The van der Waals surface area contributed by atoms with Crippen molar-refractivity contribution >= 4 is 15.9 Å². The van der Waals surface area contributed by atoms with Crippen LogP contribution in [0.1, 0.15) is 37.7 Å². The predicted octanol–water partition coefficient (Wildman–Crippen LogP) is 2.49. The second kappa shape index (κ2) is 10.8. The van der Waals surface area contributed by atoms with Crippen molar-refractivity contribution < 1.29 is 36.2 Å². The summed E-state index contributed by atoms with van der Waals surface area (Å²) in [6.07, 6.45) is -2.00. The Morgan fingerprint density at radius 2 is 1.71 bits per heavy atom. The minimum Gasteiger partial charge on any atom is -0.396 e. The first-order valence-electron chi connectivity index (χ1n) is 10.1. The van der Waals surface area contributed by atoms with E-state index in [1.165, 1.54) is 16.3 Å². The van der Waals surface area contributed by atoms with Gasteiger partial charge < -0.3 is 14.7 Å². The number of sulfonamides is 1. The maximum Gasteiger partial charge on any atom is 0.416 e. The Morgan fingerprint density at radius 3 is 2.23 bits per heavy atom. The van der Waals surface area contributed by atoms with E-state index in [2.05, 4.69) is 0 Å². The zero-order valence-electron chi connectivity index (χ0n) is 17.6. The molecule has 1 fully saturated rings. The molecule has 1 N–H and O–H groups in total. The Bertz CT molecular complexity index is 822. The topological polar surface area (TPSA) is 87.2 Å². The van der Waals surface area contributed by atoms with Gasteiger partial charge in [-0.3, -0.25) is 4.79 Å². The summed E-state index contributed by atoms with van der Waals surface area (Å²) in [4.78, 5) is 13.3. The molecule has 1 aromatic carbocycles. The number of hydrogen-bond acceptors (Lipinski definition) is 5.